The minimum absolute atomic E-state index is 0.0619. The Hall–Kier alpha value is -1.76. The summed E-state index contributed by atoms with van der Waals surface area (Å²) in [7, 11) is 0. The molecule has 0 atom stereocenters. The normalized spacial score (nSPS) is 15.6. The smallest absolute Gasteiger partial charge is 0.335 e. The SMILES string of the molecule is O=C(O)c1ccc(F)c(NC(=O)N2CCCSCC2)c1. The van der Waals surface area contributed by atoms with E-state index in [-0.39, 0.29) is 11.3 Å². The first-order valence-electron chi connectivity index (χ1n) is 6.24. The van der Waals surface area contributed by atoms with E-state index in [0.29, 0.717) is 13.1 Å². The number of nitrogens with zero attached hydrogens (tertiary/aromatic N) is 1. The average molecular weight is 298 g/mol. The van der Waals surface area contributed by atoms with Crippen molar-refractivity contribution < 1.29 is 19.1 Å². The Morgan fingerprint density at radius 3 is 2.85 bits per heavy atom. The second kappa shape index (κ2) is 6.60. The quantitative estimate of drug-likeness (QED) is 0.880. The molecule has 5 nitrogen and oxygen atoms in total. The van der Waals surface area contributed by atoms with Crippen molar-refractivity contribution >= 4 is 29.4 Å². The number of carbonyl (C=O) groups excluding carboxylic acids is 1. The Kier molecular flexibility index (Phi) is 4.84. The number of benzene rings is 1. The van der Waals surface area contributed by atoms with Crippen molar-refractivity contribution in [3.8, 4) is 0 Å². The van der Waals surface area contributed by atoms with Crippen LogP contribution in [0.1, 0.15) is 16.8 Å². The van der Waals surface area contributed by atoms with Gasteiger partial charge in [0.2, 0.25) is 0 Å². The molecule has 0 saturated carbocycles. The predicted molar refractivity (Wildman–Crippen MR) is 75.9 cm³/mol. The number of carbonyl (C=O) groups is 2. The largest absolute Gasteiger partial charge is 0.478 e. The summed E-state index contributed by atoms with van der Waals surface area (Å²) in [5.74, 6) is 0.0526. The first-order valence-corrected chi connectivity index (χ1v) is 7.40. The monoisotopic (exact) mass is 298 g/mol. The first kappa shape index (κ1) is 14.6. The summed E-state index contributed by atoms with van der Waals surface area (Å²) in [4.78, 5) is 24.5. The van der Waals surface area contributed by atoms with Crippen LogP contribution in [-0.4, -0.2) is 46.6 Å². The van der Waals surface area contributed by atoms with E-state index in [9.17, 15) is 14.0 Å². The predicted octanol–water partition coefficient (Wildman–Crippen LogP) is 2.49. The lowest BCUT2D eigenvalue weighted by Gasteiger charge is -2.20. The van der Waals surface area contributed by atoms with E-state index in [4.69, 9.17) is 5.11 Å². The van der Waals surface area contributed by atoms with Gasteiger partial charge in [0.15, 0.2) is 0 Å². The topological polar surface area (TPSA) is 69.6 Å². The Morgan fingerprint density at radius 1 is 1.30 bits per heavy atom. The van der Waals surface area contributed by atoms with Gasteiger partial charge in [-0.1, -0.05) is 0 Å². The number of anilines is 1. The molecule has 0 bridgehead atoms. The van der Waals surface area contributed by atoms with Gasteiger partial charge in [0.25, 0.3) is 0 Å². The first-order chi connectivity index (χ1) is 9.58. The standard InChI is InChI=1S/C13H15FN2O3S/c14-10-3-2-9(12(17)18)8-11(10)15-13(19)16-4-1-6-20-7-5-16/h2-3,8H,1,4-7H2,(H,15,19)(H,17,18). The number of hydrogen-bond acceptors (Lipinski definition) is 3. The van der Waals surface area contributed by atoms with Gasteiger partial charge in [-0.25, -0.2) is 14.0 Å². The van der Waals surface area contributed by atoms with Crippen molar-refractivity contribution in [2.45, 2.75) is 6.42 Å². The highest BCUT2D eigenvalue weighted by Crippen LogP contribution is 2.18. The highest BCUT2D eigenvalue weighted by Gasteiger charge is 2.17. The number of urea groups is 1. The van der Waals surface area contributed by atoms with E-state index in [1.165, 1.54) is 0 Å². The molecule has 2 amide bonds. The van der Waals surface area contributed by atoms with Gasteiger partial charge in [0.05, 0.1) is 11.3 Å². The minimum Gasteiger partial charge on any atom is -0.478 e. The molecule has 1 aliphatic rings. The van der Waals surface area contributed by atoms with Crippen LogP contribution in [0.25, 0.3) is 0 Å². The highest BCUT2D eigenvalue weighted by molar-refractivity contribution is 7.99. The van der Waals surface area contributed by atoms with Crippen molar-refractivity contribution in [2.75, 3.05) is 29.9 Å². The van der Waals surface area contributed by atoms with E-state index < -0.39 is 17.8 Å². The third-order valence-electron chi connectivity index (χ3n) is 2.96. The van der Waals surface area contributed by atoms with Crippen molar-refractivity contribution in [3.63, 3.8) is 0 Å². The Labute approximate surface area is 120 Å². The van der Waals surface area contributed by atoms with Gasteiger partial charge in [-0.15, -0.1) is 0 Å². The molecule has 1 saturated heterocycles. The van der Waals surface area contributed by atoms with Crippen LogP contribution in [0.3, 0.4) is 0 Å². The molecule has 1 aliphatic heterocycles. The van der Waals surface area contributed by atoms with Crippen LogP contribution in [0.4, 0.5) is 14.9 Å². The fourth-order valence-electron chi connectivity index (χ4n) is 1.90. The zero-order valence-corrected chi connectivity index (χ0v) is 11.6. The summed E-state index contributed by atoms with van der Waals surface area (Å²) in [6, 6.07) is 2.93. The highest BCUT2D eigenvalue weighted by atomic mass is 32.2. The van der Waals surface area contributed by atoms with E-state index in [2.05, 4.69) is 5.32 Å². The van der Waals surface area contributed by atoms with E-state index in [1.54, 1.807) is 16.7 Å². The van der Waals surface area contributed by atoms with Gasteiger partial charge >= 0.3 is 12.0 Å². The molecule has 0 spiro atoms. The second-order valence-electron chi connectivity index (χ2n) is 4.38. The van der Waals surface area contributed by atoms with Crippen LogP contribution in [0, 0.1) is 5.82 Å². The summed E-state index contributed by atoms with van der Waals surface area (Å²) in [6.07, 6.45) is 0.899. The third-order valence-corrected chi connectivity index (χ3v) is 4.01. The zero-order chi connectivity index (χ0) is 14.5. The molecular formula is C13H15FN2O3S. The van der Waals surface area contributed by atoms with Crippen molar-refractivity contribution in [3.05, 3.63) is 29.6 Å². The number of nitrogens with one attached hydrogen (secondary N) is 1. The maximum absolute atomic E-state index is 13.6. The molecular weight excluding hydrogens is 283 g/mol. The molecule has 1 fully saturated rings. The van der Waals surface area contributed by atoms with Gasteiger partial charge in [-0.3, -0.25) is 0 Å². The van der Waals surface area contributed by atoms with Crippen molar-refractivity contribution in [1.82, 2.24) is 4.90 Å². The zero-order valence-electron chi connectivity index (χ0n) is 10.8. The molecule has 1 aromatic rings. The molecule has 0 aliphatic carbocycles. The van der Waals surface area contributed by atoms with Gasteiger partial charge in [-0.05, 0) is 30.4 Å². The number of carboxylic acid groups (broad SMARTS) is 1. The molecule has 20 heavy (non-hydrogen) atoms. The molecule has 0 aromatic heterocycles. The number of amides is 2. The van der Waals surface area contributed by atoms with Crippen LogP contribution in [0.5, 0.6) is 0 Å². The molecule has 0 unspecified atom stereocenters. The minimum atomic E-state index is -1.16. The Morgan fingerprint density at radius 2 is 2.10 bits per heavy atom. The summed E-state index contributed by atoms with van der Waals surface area (Å²) < 4.78 is 13.6. The molecule has 108 valence electrons. The summed E-state index contributed by atoms with van der Waals surface area (Å²) >= 11 is 1.78. The number of aromatic carboxylic acids is 1. The fourth-order valence-corrected chi connectivity index (χ4v) is 2.78. The van der Waals surface area contributed by atoms with Gasteiger partial charge < -0.3 is 15.3 Å². The van der Waals surface area contributed by atoms with Gasteiger partial charge in [-0.2, -0.15) is 11.8 Å². The number of carboxylic acids is 1. The van der Waals surface area contributed by atoms with Gasteiger partial charge in [0, 0.05) is 18.8 Å². The maximum atomic E-state index is 13.6. The lowest BCUT2D eigenvalue weighted by atomic mass is 10.2. The number of hydrogen-bond donors (Lipinski definition) is 2. The lowest BCUT2D eigenvalue weighted by Crippen LogP contribution is -2.36. The molecule has 7 heteroatoms. The fraction of sp³-hybridized carbons (Fsp3) is 0.385. The number of halogens is 1. The van der Waals surface area contributed by atoms with Crippen LogP contribution >= 0.6 is 11.8 Å². The van der Waals surface area contributed by atoms with Crippen molar-refractivity contribution in [1.29, 1.82) is 0 Å². The molecule has 0 radical (unpaired) electrons. The van der Waals surface area contributed by atoms with Gasteiger partial charge in [0.1, 0.15) is 5.82 Å². The lowest BCUT2D eigenvalue weighted by molar-refractivity contribution is 0.0697. The molecule has 1 aromatic carbocycles. The third kappa shape index (κ3) is 3.63. The molecule has 1 heterocycles. The Balaban J connectivity index is 2.10. The van der Waals surface area contributed by atoms with Crippen molar-refractivity contribution in [2.24, 2.45) is 0 Å². The van der Waals surface area contributed by atoms with Crippen LogP contribution in [-0.2, 0) is 0 Å². The van der Waals surface area contributed by atoms with E-state index in [1.807, 2.05) is 0 Å². The summed E-state index contributed by atoms with van der Waals surface area (Å²) in [5, 5.41) is 11.3. The summed E-state index contributed by atoms with van der Waals surface area (Å²) in [6.45, 7) is 1.23. The van der Waals surface area contributed by atoms with Crippen LogP contribution in [0.15, 0.2) is 18.2 Å². The number of rotatable bonds is 2. The maximum Gasteiger partial charge on any atom is 0.335 e. The van der Waals surface area contributed by atoms with Crippen LogP contribution < -0.4 is 5.32 Å². The number of thioether (sulfide) groups is 1. The Bertz CT molecular complexity index is 516. The average Bonchev–Trinajstić information content (AvgIpc) is 2.70. The van der Waals surface area contributed by atoms with E-state index in [0.717, 1.165) is 36.1 Å². The molecule has 2 N–H and O–H groups in total. The second-order valence-corrected chi connectivity index (χ2v) is 5.61. The summed E-state index contributed by atoms with van der Waals surface area (Å²) in [5.41, 5.74) is -0.167. The van der Waals surface area contributed by atoms with Crippen LogP contribution in [0.2, 0.25) is 0 Å². The molecule has 2 rings (SSSR count). The van der Waals surface area contributed by atoms with E-state index >= 15 is 0 Å².